The van der Waals surface area contributed by atoms with Gasteiger partial charge in [-0.1, -0.05) is 40.5 Å². The minimum atomic E-state index is -0.734. The first-order valence-corrected chi connectivity index (χ1v) is 5.01. The molecule has 0 aliphatic rings. The van der Waals surface area contributed by atoms with E-state index in [2.05, 4.69) is 5.32 Å². The molecule has 0 aliphatic carbocycles. The molecule has 0 radical (unpaired) electrons. The van der Waals surface area contributed by atoms with Gasteiger partial charge < -0.3 is 10.4 Å². The Labute approximate surface area is 80.5 Å². The van der Waals surface area contributed by atoms with E-state index in [0.29, 0.717) is 0 Å². The van der Waals surface area contributed by atoms with Gasteiger partial charge in [0.25, 0.3) is 0 Å². The highest BCUT2D eigenvalue weighted by Crippen LogP contribution is 2.13. The van der Waals surface area contributed by atoms with Crippen LogP contribution in [-0.2, 0) is 4.79 Å². The number of aliphatic carboxylic acids is 1. The molecule has 0 aromatic rings. The monoisotopic (exact) mass is 187 g/mol. The zero-order valence-corrected chi connectivity index (χ0v) is 9.00. The SMILES string of the molecule is CCC(CC)C(NC(C)C)C(=O)O. The third-order valence-corrected chi connectivity index (χ3v) is 2.30. The zero-order valence-electron chi connectivity index (χ0n) is 9.00. The van der Waals surface area contributed by atoms with E-state index in [4.69, 9.17) is 5.11 Å². The van der Waals surface area contributed by atoms with Gasteiger partial charge in [0.15, 0.2) is 0 Å². The van der Waals surface area contributed by atoms with Gasteiger partial charge in [0.05, 0.1) is 0 Å². The highest BCUT2D eigenvalue weighted by molar-refractivity contribution is 5.73. The van der Waals surface area contributed by atoms with Crippen molar-refractivity contribution in [3.05, 3.63) is 0 Å². The molecule has 78 valence electrons. The summed E-state index contributed by atoms with van der Waals surface area (Å²) in [6.07, 6.45) is 1.82. The summed E-state index contributed by atoms with van der Waals surface area (Å²) in [5.41, 5.74) is 0. The van der Waals surface area contributed by atoms with Crippen LogP contribution in [0.1, 0.15) is 40.5 Å². The first-order valence-electron chi connectivity index (χ1n) is 5.01. The molecule has 0 saturated heterocycles. The maximum Gasteiger partial charge on any atom is 0.320 e. The van der Waals surface area contributed by atoms with Crippen molar-refractivity contribution in [2.75, 3.05) is 0 Å². The smallest absolute Gasteiger partial charge is 0.320 e. The van der Waals surface area contributed by atoms with Crippen molar-refractivity contribution in [1.29, 1.82) is 0 Å². The molecule has 0 saturated carbocycles. The standard InChI is InChI=1S/C10H21NO2/c1-5-8(6-2)9(10(12)13)11-7(3)4/h7-9,11H,5-6H2,1-4H3,(H,12,13). The topological polar surface area (TPSA) is 49.3 Å². The summed E-state index contributed by atoms with van der Waals surface area (Å²) < 4.78 is 0. The van der Waals surface area contributed by atoms with Crippen LogP contribution in [0.2, 0.25) is 0 Å². The lowest BCUT2D eigenvalue weighted by atomic mass is 9.94. The quantitative estimate of drug-likeness (QED) is 0.667. The first kappa shape index (κ1) is 12.4. The summed E-state index contributed by atoms with van der Waals surface area (Å²) >= 11 is 0. The van der Waals surface area contributed by atoms with E-state index in [-0.39, 0.29) is 12.0 Å². The maximum atomic E-state index is 10.9. The zero-order chi connectivity index (χ0) is 10.4. The van der Waals surface area contributed by atoms with Crippen molar-refractivity contribution in [2.24, 2.45) is 5.92 Å². The van der Waals surface area contributed by atoms with Gasteiger partial charge in [0, 0.05) is 6.04 Å². The molecule has 13 heavy (non-hydrogen) atoms. The Hall–Kier alpha value is -0.570. The fraction of sp³-hybridized carbons (Fsp3) is 0.900. The Kier molecular flexibility index (Phi) is 5.71. The van der Waals surface area contributed by atoms with E-state index >= 15 is 0 Å². The number of carboxylic acid groups (broad SMARTS) is 1. The number of carboxylic acids is 1. The molecule has 0 fully saturated rings. The number of hydrogen-bond acceptors (Lipinski definition) is 2. The predicted molar refractivity (Wildman–Crippen MR) is 53.8 cm³/mol. The molecule has 3 nitrogen and oxygen atoms in total. The highest BCUT2D eigenvalue weighted by atomic mass is 16.4. The number of hydrogen-bond donors (Lipinski definition) is 2. The molecular weight excluding hydrogens is 166 g/mol. The Balaban J connectivity index is 4.30. The lowest BCUT2D eigenvalue weighted by molar-refractivity contribution is -0.141. The van der Waals surface area contributed by atoms with E-state index in [1.165, 1.54) is 0 Å². The van der Waals surface area contributed by atoms with E-state index < -0.39 is 12.0 Å². The van der Waals surface area contributed by atoms with Crippen LogP contribution in [-0.4, -0.2) is 23.2 Å². The molecule has 0 aromatic carbocycles. The second-order valence-corrected chi connectivity index (χ2v) is 3.71. The summed E-state index contributed by atoms with van der Waals surface area (Å²) in [4.78, 5) is 10.9. The molecule has 0 rings (SSSR count). The molecule has 3 heteroatoms. The van der Waals surface area contributed by atoms with Gasteiger partial charge in [-0.15, -0.1) is 0 Å². The second-order valence-electron chi connectivity index (χ2n) is 3.71. The number of nitrogens with one attached hydrogen (secondary N) is 1. The van der Waals surface area contributed by atoms with Crippen molar-refractivity contribution in [3.8, 4) is 0 Å². The molecule has 1 atom stereocenters. The van der Waals surface area contributed by atoms with Gasteiger partial charge in [0.1, 0.15) is 6.04 Å². The summed E-state index contributed by atoms with van der Waals surface area (Å²) in [7, 11) is 0. The Bertz CT molecular complexity index is 153. The Morgan fingerprint density at radius 1 is 1.31 bits per heavy atom. The van der Waals surface area contributed by atoms with Crippen molar-refractivity contribution in [1.82, 2.24) is 5.32 Å². The van der Waals surface area contributed by atoms with Crippen LogP contribution in [0.4, 0.5) is 0 Å². The third kappa shape index (κ3) is 4.27. The van der Waals surface area contributed by atoms with Crippen LogP contribution in [0.15, 0.2) is 0 Å². The summed E-state index contributed by atoms with van der Waals surface area (Å²) in [6.45, 7) is 8.01. The maximum absolute atomic E-state index is 10.9. The fourth-order valence-corrected chi connectivity index (χ4v) is 1.53. The van der Waals surface area contributed by atoms with Crippen LogP contribution >= 0.6 is 0 Å². The average Bonchev–Trinajstić information content (AvgIpc) is 2.04. The van der Waals surface area contributed by atoms with Gasteiger partial charge in [-0.25, -0.2) is 0 Å². The van der Waals surface area contributed by atoms with Crippen LogP contribution in [0.5, 0.6) is 0 Å². The van der Waals surface area contributed by atoms with Gasteiger partial charge in [-0.2, -0.15) is 0 Å². The Morgan fingerprint density at radius 2 is 1.77 bits per heavy atom. The highest BCUT2D eigenvalue weighted by Gasteiger charge is 2.25. The molecular formula is C10H21NO2. The molecule has 1 unspecified atom stereocenters. The van der Waals surface area contributed by atoms with Crippen LogP contribution in [0.25, 0.3) is 0 Å². The van der Waals surface area contributed by atoms with Crippen LogP contribution in [0.3, 0.4) is 0 Å². The molecule has 2 N–H and O–H groups in total. The van der Waals surface area contributed by atoms with E-state index in [0.717, 1.165) is 12.8 Å². The molecule has 0 aromatic heterocycles. The molecule has 0 spiro atoms. The van der Waals surface area contributed by atoms with Gasteiger partial charge in [-0.05, 0) is 5.92 Å². The first-order chi connectivity index (χ1) is 6.02. The van der Waals surface area contributed by atoms with Crippen molar-refractivity contribution in [2.45, 2.75) is 52.6 Å². The summed E-state index contributed by atoms with van der Waals surface area (Å²) in [5, 5.41) is 12.1. The minimum Gasteiger partial charge on any atom is -0.480 e. The third-order valence-electron chi connectivity index (χ3n) is 2.30. The van der Waals surface area contributed by atoms with E-state index in [1.807, 2.05) is 27.7 Å². The van der Waals surface area contributed by atoms with Crippen LogP contribution < -0.4 is 5.32 Å². The molecule has 0 aliphatic heterocycles. The molecule has 0 bridgehead atoms. The normalized spacial score (nSPS) is 13.7. The fourth-order valence-electron chi connectivity index (χ4n) is 1.53. The predicted octanol–water partition coefficient (Wildman–Crippen LogP) is 1.87. The second kappa shape index (κ2) is 5.97. The average molecular weight is 187 g/mol. The van der Waals surface area contributed by atoms with E-state index in [1.54, 1.807) is 0 Å². The number of rotatable bonds is 6. The van der Waals surface area contributed by atoms with Gasteiger partial charge in [0.2, 0.25) is 0 Å². The molecule has 0 heterocycles. The lowest BCUT2D eigenvalue weighted by Gasteiger charge is -2.24. The van der Waals surface area contributed by atoms with Crippen molar-refractivity contribution >= 4 is 5.97 Å². The summed E-state index contributed by atoms with van der Waals surface area (Å²) in [6, 6.07) is -0.170. The Morgan fingerprint density at radius 3 is 2.00 bits per heavy atom. The largest absolute Gasteiger partial charge is 0.480 e. The van der Waals surface area contributed by atoms with Crippen molar-refractivity contribution < 1.29 is 9.90 Å². The van der Waals surface area contributed by atoms with Gasteiger partial charge in [-0.3, -0.25) is 4.79 Å². The minimum absolute atomic E-state index is 0.224. The number of carbonyl (C=O) groups is 1. The van der Waals surface area contributed by atoms with Crippen molar-refractivity contribution in [3.63, 3.8) is 0 Å². The molecule has 0 amide bonds. The van der Waals surface area contributed by atoms with Crippen LogP contribution in [0, 0.1) is 5.92 Å². The summed E-state index contributed by atoms with van der Waals surface area (Å²) in [5.74, 6) is -0.498. The lowest BCUT2D eigenvalue weighted by Crippen LogP contribution is -2.45. The van der Waals surface area contributed by atoms with E-state index in [9.17, 15) is 4.79 Å². The van der Waals surface area contributed by atoms with Gasteiger partial charge >= 0.3 is 5.97 Å².